The van der Waals surface area contributed by atoms with Gasteiger partial charge in [0.05, 0.1) is 5.56 Å². The first-order valence-corrected chi connectivity index (χ1v) is 8.08. The van der Waals surface area contributed by atoms with Crippen LogP contribution in [0.15, 0.2) is 42.5 Å². The summed E-state index contributed by atoms with van der Waals surface area (Å²) < 4.78 is 5.17. The lowest BCUT2D eigenvalue weighted by atomic mass is 10.2. The van der Waals surface area contributed by atoms with E-state index in [-0.39, 0.29) is 5.56 Å². The molecule has 0 bridgehead atoms. The van der Waals surface area contributed by atoms with Crippen molar-refractivity contribution in [2.45, 2.75) is 20.0 Å². The first kappa shape index (κ1) is 19.3. The molecule has 0 heterocycles. The van der Waals surface area contributed by atoms with Crippen molar-refractivity contribution in [2.24, 2.45) is 5.73 Å². The Kier molecular flexibility index (Phi) is 6.19. The van der Waals surface area contributed by atoms with Gasteiger partial charge in [0.25, 0.3) is 5.91 Å². The number of primary amides is 1. The van der Waals surface area contributed by atoms with Crippen molar-refractivity contribution >= 4 is 40.9 Å². The van der Waals surface area contributed by atoms with Crippen LogP contribution in [0.4, 0.5) is 16.2 Å². The summed E-state index contributed by atoms with van der Waals surface area (Å²) in [6, 6.07) is 10.3. The molecule has 0 saturated heterocycles. The topological polar surface area (TPSA) is 111 Å². The fourth-order valence-corrected chi connectivity index (χ4v) is 2.25. The van der Waals surface area contributed by atoms with Gasteiger partial charge < -0.3 is 21.1 Å². The van der Waals surface area contributed by atoms with E-state index >= 15 is 0 Å². The minimum Gasteiger partial charge on any atom is -0.449 e. The summed E-state index contributed by atoms with van der Waals surface area (Å²) in [6.45, 7) is 3.29. The van der Waals surface area contributed by atoms with Crippen molar-refractivity contribution in [1.29, 1.82) is 0 Å². The van der Waals surface area contributed by atoms with E-state index in [4.69, 9.17) is 22.1 Å². The Bertz CT molecular complexity index is 837. The summed E-state index contributed by atoms with van der Waals surface area (Å²) in [5.41, 5.74) is 7.07. The van der Waals surface area contributed by atoms with Crippen LogP contribution in [0.2, 0.25) is 5.02 Å². The molecular formula is C18H18ClN3O4. The van der Waals surface area contributed by atoms with Crippen LogP contribution in [0.25, 0.3) is 0 Å². The lowest BCUT2D eigenvalue weighted by molar-refractivity contribution is -0.123. The van der Waals surface area contributed by atoms with E-state index in [1.165, 1.54) is 31.2 Å². The van der Waals surface area contributed by atoms with Gasteiger partial charge in [-0.05, 0) is 55.8 Å². The SMILES string of the molecule is Cc1ccc(Cl)cc1NC(=O)C(C)OC(=O)c1ccc(NC(N)=O)cc1. The van der Waals surface area contributed by atoms with Gasteiger partial charge in [-0.2, -0.15) is 0 Å². The molecule has 4 N–H and O–H groups in total. The lowest BCUT2D eigenvalue weighted by Crippen LogP contribution is -2.30. The third-order valence-electron chi connectivity index (χ3n) is 3.50. The highest BCUT2D eigenvalue weighted by atomic mass is 35.5. The molecule has 3 amide bonds. The van der Waals surface area contributed by atoms with Gasteiger partial charge >= 0.3 is 12.0 Å². The minimum absolute atomic E-state index is 0.235. The van der Waals surface area contributed by atoms with Crippen LogP contribution in [0, 0.1) is 6.92 Å². The highest BCUT2D eigenvalue weighted by Crippen LogP contribution is 2.20. The quantitative estimate of drug-likeness (QED) is 0.696. The molecule has 0 fully saturated rings. The third-order valence-corrected chi connectivity index (χ3v) is 3.73. The highest BCUT2D eigenvalue weighted by molar-refractivity contribution is 6.31. The fraction of sp³-hybridized carbons (Fsp3) is 0.167. The first-order chi connectivity index (χ1) is 12.3. The van der Waals surface area contributed by atoms with Crippen molar-refractivity contribution in [2.75, 3.05) is 10.6 Å². The number of amides is 3. The monoisotopic (exact) mass is 375 g/mol. The number of hydrogen-bond acceptors (Lipinski definition) is 4. The van der Waals surface area contributed by atoms with Gasteiger partial charge in [-0.1, -0.05) is 17.7 Å². The molecule has 2 aromatic rings. The summed E-state index contributed by atoms with van der Waals surface area (Å²) in [6.07, 6.45) is -1.01. The Morgan fingerprint density at radius 2 is 1.73 bits per heavy atom. The van der Waals surface area contributed by atoms with E-state index in [0.29, 0.717) is 16.4 Å². The number of urea groups is 1. The smallest absolute Gasteiger partial charge is 0.338 e. The molecule has 7 nitrogen and oxygen atoms in total. The molecule has 0 aliphatic carbocycles. The van der Waals surface area contributed by atoms with Crippen LogP contribution in [0.1, 0.15) is 22.8 Å². The average Bonchev–Trinajstić information content (AvgIpc) is 2.58. The maximum atomic E-state index is 12.2. The zero-order valence-corrected chi connectivity index (χ0v) is 15.0. The Labute approximate surface area is 155 Å². The molecular weight excluding hydrogens is 358 g/mol. The number of nitrogens with one attached hydrogen (secondary N) is 2. The Morgan fingerprint density at radius 1 is 1.08 bits per heavy atom. The van der Waals surface area contributed by atoms with E-state index < -0.39 is 24.0 Å². The number of rotatable bonds is 5. The molecule has 0 aliphatic heterocycles. The molecule has 0 radical (unpaired) electrons. The molecule has 0 aromatic heterocycles. The summed E-state index contributed by atoms with van der Waals surface area (Å²) in [4.78, 5) is 35.1. The van der Waals surface area contributed by atoms with Crippen molar-refractivity contribution in [3.05, 3.63) is 58.6 Å². The molecule has 2 aromatic carbocycles. The van der Waals surface area contributed by atoms with Crippen molar-refractivity contribution < 1.29 is 19.1 Å². The standard InChI is InChI=1S/C18H18ClN3O4/c1-10-3-6-13(19)9-15(10)22-16(23)11(2)26-17(24)12-4-7-14(8-5-12)21-18(20)25/h3-9,11H,1-2H3,(H,22,23)(H3,20,21,25). The predicted octanol–water partition coefficient (Wildman–Crippen LogP) is 3.32. The minimum atomic E-state index is -1.01. The number of benzene rings is 2. The molecule has 0 saturated carbocycles. The number of ether oxygens (including phenoxy) is 1. The van der Waals surface area contributed by atoms with Crippen LogP contribution in [-0.4, -0.2) is 24.0 Å². The Balaban J connectivity index is 1.98. The fourth-order valence-electron chi connectivity index (χ4n) is 2.08. The number of esters is 1. The molecule has 8 heteroatoms. The van der Waals surface area contributed by atoms with Gasteiger partial charge in [0.1, 0.15) is 0 Å². The largest absolute Gasteiger partial charge is 0.449 e. The van der Waals surface area contributed by atoms with Gasteiger partial charge in [-0.3, -0.25) is 4.79 Å². The van der Waals surface area contributed by atoms with Gasteiger partial charge in [-0.15, -0.1) is 0 Å². The van der Waals surface area contributed by atoms with Crippen LogP contribution in [0.3, 0.4) is 0 Å². The van der Waals surface area contributed by atoms with Gasteiger partial charge in [0.2, 0.25) is 0 Å². The summed E-state index contributed by atoms with van der Waals surface area (Å²) in [5, 5.41) is 5.54. The maximum Gasteiger partial charge on any atom is 0.338 e. The second-order valence-corrected chi connectivity index (χ2v) is 6.00. The number of aryl methyl sites for hydroxylation is 1. The summed E-state index contributed by atoms with van der Waals surface area (Å²) in [5.74, 6) is -1.14. The Morgan fingerprint density at radius 3 is 2.35 bits per heavy atom. The summed E-state index contributed by atoms with van der Waals surface area (Å²) >= 11 is 5.92. The second-order valence-electron chi connectivity index (χ2n) is 5.56. The number of carbonyl (C=O) groups excluding carboxylic acids is 3. The van der Waals surface area contributed by atoms with Gasteiger partial charge in [0, 0.05) is 16.4 Å². The van der Waals surface area contributed by atoms with E-state index in [0.717, 1.165) is 5.56 Å². The zero-order valence-electron chi connectivity index (χ0n) is 14.2. The molecule has 0 aliphatic rings. The van der Waals surface area contributed by atoms with Crippen LogP contribution in [0.5, 0.6) is 0 Å². The molecule has 0 spiro atoms. The molecule has 136 valence electrons. The zero-order chi connectivity index (χ0) is 19.3. The normalized spacial score (nSPS) is 11.3. The Hall–Kier alpha value is -3.06. The van der Waals surface area contributed by atoms with Gasteiger partial charge in [0.15, 0.2) is 6.10 Å². The highest BCUT2D eigenvalue weighted by Gasteiger charge is 2.19. The van der Waals surface area contributed by atoms with E-state index in [1.54, 1.807) is 18.2 Å². The second kappa shape index (κ2) is 8.35. The van der Waals surface area contributed by atoms with Crippen LogP contribution in [-0.2, 0) is 9.53 Å². The molecule has 1 unspecified atom stereocenters. The van der Waals surface area contributed by atoms with Crippen molar-refractivity contribution in [1.82, 2.24) is 0 Å². The third kappa shape index (κ3) is 5.22. The van der Waals surface area contributed by atoms with Gasteiger partial charge in [-0.25, -0.2) is 9.59 Å². The number of carbonyl (C=O) groups is 3. The lowest BCUT2D eigenvalue weighted by Gasteiger charge is -2.15. The van der Waals surface area contributed by atoms with Crippen LogP contribution >= 0.6 is 11.6 Å². The summed E-state index contributed by atoms with van der Waals surface area (Å²) in [7, 11) is 0. The number of nitrogens with two attached hydrogens (primary N) is 1. The van der Waals surface area contributed by atoms with E-state index in [1.807, 2.05) is 6.92 Å². The average molecular weight is 376 g/mol. The number of halogens is 1. The maximum absolute atomic E-state index is 12.2. The predicted molar refractivity (Wildman–Crippen MR) is 99.3 cm³/mol. The molecule has 1 atom stereocenters. The first-order valence-electron chi connectivity index (χ1n) is 7.71. The van der Waals surface area contributed by atoms with E-state index in [9.17, 15) is 14.4 Å². The molecule has 26 heavy (non-hydrogen) atoms. The molecule has 2 rings (SSSR count). The number of anilines is 2. The van der Waals surface area contributed by atoms with Crippen molar-refractivity contribution in [3.8, 4) is 0 Å². The van der Waals surface area contributed by atoms with Crippen molar-refractivity contribution in [3.63, 3.8) is 0 Å². The van der Waals surface area contributed by atoms with Crippen LogP contribution < -0.4 is 16.4 Å². The van der Waals surface area contributed by atoms with E-state index in [2.05, 4.69) is 10.6 Å². The number of hydrogen-bond donors (Lipinski definition) is 3.